The van der Waals surface area contributed by atoms with Crippen molar-refractivity contribution in [1.82, 2.24) is 4.90 Å². The number of aliphatic hydroxyl groups excluding tert-OH is 1. The summed E-state index contributed by atoms with van der Waals surface area (Å²) < 4.78 is 0. The predicted molar refractivity (Wildman–Crippen MR) is 49.0 cm³/mol. The van der Waals surface area contributed by atoms with Gasteiger partial charge in [0.25, 0.3) is 0 Å². The Morgan fingerprint density at radius 1 is 1.25 bits per heavy atom. The number of hydrogen-bond donors (Lipinski definition) is 1. The van der Waals surface area contributed by atoms with Gasteiger partial charge in [-0.2, -0.15) is 0 Å². The van der Waals surface area contributed by atoms with Gasteiger partial charge in [0.1, 0.15) is 0 Å². The minimum absolute atomic E-state index is 0.204. The summed E-state index contributed by atoms with van der Waals surface area (Å²) in [6.45, 7) is 7.31. The molecule has 0 radical (unpaired) electrons. The van der Waals surface area contributed by atoms with Crippen LogP contribution in [-0.4, -0.2) is 35.2 Å². The largest absolute Gasteiger partial charge is 0.394 e. The first-order valence-corrected chi connectivity index (χ1v) is 4.94. The molecule has 12 heavy (non-hydrogen) atoms. The van der Waals surface area contributed by atoms with Gasteiger partial charge in [0.15, 0.2) is 0 Å². The molecule has 1 aliphatic carbocycles. The van der Waals surface area contributed by atoms with Crippen LogP contribution < -0.4 is 0 Å². The van der Waals surface area contributed by atoms with Gasteiger partial charge >= 0.3 is 0 Å². The molecule has 0 atom stereocenters. The lowest BCUT2D eigenvalue weighted by molar-refractivity contribution is -0.118. The van der Waals surface area contributed by atoms with E-state index in [1.165, 1.54) is 32.4 Å². The first kappa shape index (κ1) is 8.52. The monoisotopic (exact) mass is 169 g/mol. The number of rotatable bonds is 2. The molecule has 0 bridgehead atoms. The van der Waals surface area contributed by atoms with Crippen molar-refractivity contribution >= 4 is 0 Å². The molecule has 1 heterocycles. The van der Waals surface area contributed by atoms with E-state index >= 15 is 0 Å². The van der Waals surface area contributed by atoms with E-state index in [1.54, 1.807) is 0 Å². The van der Waals surface area contributed by atoms with Gasteiger partial charge in [0, 0.05) is 18.6 Å². The van der Waals surface area contributed by atoms with Crippen molar-refractivity contribution in [2.45, 2.75) is 38.6 Å². The molecule has 2 nitrogen and oxygen atoms in total. The van der Waals surface area contributed by atoms with Crippen LogP contribution in [0.5, 0.6) is 0 Å². The normalized spacial score (nSPS) is 32.2. The van der Waals surface area contributed by atoms with E-state index in [4.69, 9.17) is 0 Å². The van der Waals surface area contributed by atoms with Crippen molar-refractivity contribution in [3.05, 3.63) is 0 Å². The van der Waals surface area contributed by atoms with Crippen LogP contribution >= 0.6 is 0 Å². The predicted octanol–water partition coefficient (Wildman–Crippen LogP) is 1.24. The molecule has 1 saturated heterocycles. The highest BCUT2D eigenvalue weighted by Crippen LogP contribution is 2.44. The van der Waals surface area contributed by atoms with E-state index in [1.807, 2.05) is 0 Å². The lowest BCUT2D eigenvalue weighted by Crippen LogP contribution is -2.67. The Labute approximate surface area is 74.6 Å². The number of likely N-dealkylation sites (tertiary alicyclic amines) is 1. The van der Waals surface area contributed by atoms with Crippen LogP contribution in [0.1, 0.15) is 33.1 Å². The zero-order valence-corrected chi connectivity index (χ0v) is 8.14. The summed E-state index contributed by atoms with van der Waals surface area (Å²) in [6.07, 6.45) is 3.72. The first-order chi connectivity index (χ1) is 5.58. The van der Waals surface area contributed by atoms with E-state index in [0.29, 0.717) is 12.0 Å². The molecule has 2 aliphatic rings. The average Bonchev–Trinajstić information content (AvgIpc) is 1.82. The van der Waals surface area contributed by atoms with Crippen LogP contribution in [0.15, 0.2) is 0 Å². The molecule has 2 rings (SSSR count). The molecule has 70 valence electrons. The Bertz CT molecular complexity index is 171. The topological polar surface area (TPSA) is 23.5 Å². The van der Waals surface area contributed by atoms with Gasteiger partial charge in [-0.05, 0) is 24.7 Å². The van der Waals surface area contributed by atoms with Gasteiger partial charge in [-0.15, -0.1) is 0 Å². The molecule has 0 aromatic rings. The van der Waals surface area contributed by atoms with Crippen LogP contribution in [0.25, 0.3) is 0 Å². The number of hydrogen-bond acceptors (Lipinski definition) is 2. The average molecular weight is 169 g/mol. The molecule has 1 aliphatic heterocycles. The third-order valence-corrected chi connectivity index (χ3v) is 3.49. The van der Waals surface area contributed by atoms with Crippen molar-refractivity contribution < 1.29 is 5.11 Å². The van der Waals surface area contributed by atoms with Crippen molar-refractivity contribution in [1.29, 1.82) is 0 Å². The fraction of sp³-hybridized carbons (Fsp3) is 1.00. The molecule has 0 aromatic carbocycles. The van der Waals surface area contributed by atoms with E-state index < -0.39 is 0 Å². The van der Waals surface area contributed by atoms with Gasteiger partial charge in [-0.25, -0.2) is 0 Å². The molecular formula is C10H19NO. The fourth-order valence-electron chi connectivity index (χ4n) is 2.48. The molecule has 1 N–H and O–H groups in total. The second-order valence-electron chi connectivity index (χ2n) is 5.26. The maximum atomic E-state index is 9.30. The maximum Gasteiger partial charge on any atom is 0.0615 e. The van der Waals surface area contributed by atoms with Crippen molar-refractivity contribution in [2.24, 2.45) is 5.41 Å². The summed E-state index contributed by atoms with van der Waals surface area (Å²) in [5, 5.41) is 9.30. The third-order valence-electron chi connectivity index (χ3n) is 3.49. The van der Waals surface area contributed by atoms with E-state index in [2.05, 4.69) is 18.7 Å². The lowest BCUT2D eigenvalue weighted by atomic mass is 9.70. The Hall–Kier alpha value is -0.0800. The molecule has 0 spiro atoms. The van der Waals surface area contributed by atoms with Crippen molar-refractivity contribution in [3.8, 4) is 0 Å². The molecule has 0 amide bonds. The standard InChI is InChI=1S/C10H19NO/c1-9(2)6-11(7-9)10(8-12)4-3-5-10/h12H,3-8H2,1-2H3. The zero-order valence-electron chi connectivity index (χ0n) is 8.14. The molecule has 0 aromatic heterocycles. The maximum absolute atomic E-state index is 9.30. The van der Waals surface area contributed by atoms with Gasteiger partial charge in [0.2, 0.25) is 0 Å². The Kier molecular flexibility index (Phi) is 1.74. The number of aliphatic hydroxyl groups is 1. The minimum Gasteiger partial charge on any atom is -0.394 e. The second kappa shape index (κ2) is 2.46. The first-order valence-electron chi connectivity index (χ1n) is 4.94. The Balaban J connectivity index is 1.94. The molecule has 2 heteroatoms. The van der Waals surface area contributed by atoms with Crippen LogP contribution in [0.4, 0.5) is 0 Å². The van der Waals surface area contributed by atoms with E-state index in [9.17, 15) is 5.11 Å². The van der Waals surface area contributed by atoms with Crippen LogP contribution in [0.2, 0.25) is 0 Å². The highest BCUT2D eigenvalue weighted by Gasteiger charge is 2.49. The summed E-state index contributed by atoms with van der Waals surface area (Å²) in [4.78, 5) is 2.47. The highest BCUT2D eigenvalue weighted by molar-refractivity contribution is 5.04. The Morgan fingerprint density at radius 3 is 2.08 bits per heavy atom. The van der Waals surface area contributed by atoms with Crippen LogP contribution in [0.3, 0.4) is 0 Å². The molecule has 2 fully saturated rings. The SMILES string of the molecule is CC1(C)CN(C2(CO)CCC2)C1. The second-order valence-corrected chi connectivity index (χ2v) is 5.26. The summed E-state index contributed by atoms with van der Waals surface area (Å²) >= 11 is 0. The van der Waals surface area contributed by atoms with Crippen LogP contribution in [-0.2, 0) is 0 Å². The lowest BCUT2D eigenvalue weighted by Gasteiger charge is -2.59. The van der Waals surface area contributed by atoms with E-state index in [0.717, 1.165) is 0 Å². The van der Waals surface area contributed by atoms with Gasteiger partial charge < -0.3 is 5.11 Å². The van der Waals surface area contributed by atoms with Gasteiger partial charge in [-0.1, -0.05) is 13.8 Å². The number of nitrogens with zero attached hydrogens (tertiary/aromatic N) is 1. The quantitative estimate of drug-likeness (QED) is 0.672. The Morgan fingerprint density at radius 2 is 1.83 bits per heavy atom. The molecular weight excluding hydrogens is 150 g/mol. The smallest absolute Gasteiger partial charge is 0.0615 e. The minimum atomic E-state index is 0.204. The summed E-state index contributed by atoms with van der Waals surface area (Å²) in [6, 6.07) is 0. The third kappa shape index (κ3) is 1.09. The van der Waals surface area contributed by atoms with Gasteiger partial charge in [0.05, 0.1) is 6.61 Å². The van der Waals surface area contributed by atoms with Crippen molar-refractivity contribution in [2.75, 3.05) is 19.7 Å². The van der Waals surface area contributed by atoms with Crippen LogP contribution in [0, 0.1) is 5.41 Å². The molecule has 1 saturated carbocycles. The zero-order chi connectivity index (χ0) is 8.82. The fourth-order valence-corrected chi connectivity index (χ4v) is 2.48. The van der Waals surface area contributed by atoms with Crippen molar-refractivity contribution in [3.63, 3.8) is 0 Å². The highest BCUT2D eigenvalue weighted by atomic mass is 16.3. The molecule has 0 unspecified atom stereocenters. The summed E-state index contributed by atoms with van der Waals surface area (Å²) in [5.74, 6) is 0. The van der Waals surface area contributed by atoms with E-state index in [-0.39, 0.29) is 5.54 Å². The summed E-state index contributed by atoms with van der Waals surface area (Å²) in [5.41, 5.74) is 0.702. The van der Waals surface area contributed by atoms with Gasteiger partial charge in [-0.3, -0.25) is 4.90 Å². The summed E-state index contributed by atoms with van der Waals surface area (Å²) in [7, 11) is 0.